The molecule has 0 saturated carbocycles. The maximum atomic E-state index is 12.4. The van der Waals surface area contributed by atoms with Gasteiger partial charge in [-0.25, -0.2) is 8.42 Å². The highest BCUT2D eigenvalue weighted by atomic mass is 32.2. The number of benzene rings is 1. The largest absolute Gasteiger partial charge is 0.339 e. The van der Waals surface area contributed by atoms with E-state index in [0.29, 0.717) is 18.8 Å². The van der Waals surface area contributed by atoms with Crippen LogP contribution in [0.5, 0.6) is 0 Å². The predicted octanol–water partition coefficient (Wildman–Crippen LogP) is 0.535. The van der Waals surface area contributed by atoms with Crippen LogP contribution in [-0.2, 0) is 14.8 Å². The summed E-state index contributed by atoms with van der Waals surface area (Å²) >= 11 is 0. The molecule has 1 saturated heterocycles. The molecule has 1 amide bonds. The van der Waals surface area contributed by atoms with Gasteiger partial charge in [-0.2, -0.15) is 0 Å². The number of rotatable bonds is 4. The van der Waals surface area contributed by atoms with Gasteiger partial charge >= 0.3 is 0 Å². The third kappa shape index (κ3) is 4.20. The van der Waals surface area contributed by atoms with E-state index in [0.717, 1.165) is 24.9 Å². The van der Waals surface area contributed by atoms with Gasteiger partial charge in [0.2, 0.25) is 15.9 Å². The van der Waals surface area contributed by atoms with Crippen LogP contribution in [0.25, 0.3) is 0 Å². The van der Waals surface area contributed by atoms with Crippen molar-refractivity contribution in [2.75, 3.05) is 50.3 Å². The molecule has 1 heterocycles. The maximum Gasteiger partial charge on any atom is 0.243 e. The second kappa shape index (κ2) is 6.66. The van der Waals surface area contributed by atoms with Crippen molar-refractivity contribution >= 4 is 21.6 Å². The summed E-state index contributed by atoms with van der Waals surface area (Å²) in [5.74, 6) is -0.154. The lowest BCUT2D eigenvalue weighted by Gasteiger charge is -2.34. The molecular formula is C15H23N3O3S. The number of amides is 1. The molecule has 1 aromatic carbocycles. The molecule has 0 radical (unpaired) electrons. The number of piperazine rings is 1. The van der Waals surface area contributed by atoms with Gasteiger partial charge in [-0.1, -0.05) is 17.7 Å². The van der Waals surface area contributed by atoms with E-state index in [-0.39, 0.29) is 12.5 Å². The third-order valence-electron chi connectivity index (χ3n) is 3.86. The first-order valence-corrected chi connectivity index (χ1v) is 9.13. The number of carbonyl (C=O) groups excluding carboxylic acids is 1. The molecule has 6 nitrogen and oxygen atoms in total. The van der Waals surface area contributed by atoms with Crippen LogP contribution in [0.15, 0.2) is 24.3 Å². The fourth-order valence-corrected chi connectivity index (χ4v) is 3.24. The maximum absolute atomic E-state index is 12.4. The van der Waals surface area contributed by atoms with Crippen molar-refractivity contribution in [1.29, 1.82) is 0 Å². The molecule has 122 valence electrons. The van der Waals surface area contributed by atoms with Crippen molar-refractivity contribution in [1.82, 2.24) is 9.80 Å². The van der Waals surface area contributed by atoms with Crippen molar-refractivity contribution in [3.63, 3.8) is 0 Å². The highest BCUT2D eigenvalue weighted by Gasteiger charge is 2.25. The summed E-state index contributed by atoms with van der Waals surface area (Å²) in [6.07, 6.45) is 1.13. The first-order valence-electron chi connectivity index (χ1n) is 7.28. The van der Waals surface area contributed by atoms with Crippen molar-refractivity contribution in [2.45, 2.75) is 6.92 Å². The number of aryl methyl sites for hydroxylation is 1. The molecule has 22 heavy (non-hydrogen) atoms. The van der Waals surface area contributed by atoms with Crippen LogP contribution < -0.4 is 4.31 Å². The number of hydrogen-bond acceptors (Lipinski definition) is 4. The molecule has 0 aliphatic carbocycles. The molecule has 0 unspecified atom stereocenters. The predicted molar refractivity (Wildman–Crippen MR) is 87.4 cm³/mol. The van der Waals surface area contributed by atoms with Gasteiger partial charge in [0, 0.05) is 26.2 Å². The molecular weight excluding hydrogens is 302 g/mol. The van der Waals surface area contributed by atoms with Gasteiger partial charge in [0.15, 0.2) is 0 Å². The lowest BCUT2D eigenvalue weighted by atomic mass is 10.2. The van der Waals surface area contributed by atoms with Gasteiger partial charge < -0.3 is 9.80 Å². The number of sulfonamides is 1. The summed E-state index contributed by atoms with van der Waals surface area (Å²) in [6.45, 7) is 4.70. The van der Waals surface area contributed by atoms with E-state index in [2.05, 4.69) is 4.90 Å². The molecule has 7 heteroatoms. The Morgan fingerprint density at radius 2 is 1.68 bits per heavy atom. The molecule has 0 spiro atoms. The standard InChI is InChI=1S/C15H23N3O3S/c1-13-4-6-14(7-5-13)18(22(3,20)21)12-15(19)17-10-8-16(2)9-11-17/h4-7H,8-12H2,1-3H3. The second-order valence-electron chi connectivity index (χ2n) is 5.79. The Labute approximate surface area is 132 Å². The molecule has 1 aliphatic rings. The molecule has 1 aromatic rings. The minimum atomic E-state index is -3.50. The Bertz CT molecular complexity index is 620. The van der Waals surface area contributed by atoms with Crippen LogP contribution in [0, 0.1) is 6.92 Å². The molecule has 2 rings (SSSR count). The summed E-state index contributed by atoms with van der Waals surface area (Å²) < 4.78 is 25.2. The van der Waals surface area contributed by atoms with E-state index >= 15 is 0 Å². The molecule has 1 fully saturated rings. The van der Waals surface area contributed by atoms with Gasteiger partial charge in [0.1, 0.15) is 6.54 Å². The average Bonchev–Trinajstić information content (AvgIpc) is 2.45. The van der Waals surface area contributed by atoms with E-state index in [1.807, 2.05) is 26.1 Å². The second-order valence-corrected chi connectivity index (χ2v) is 7.70. The Morgan fingerprint density at radius 1 is 1.14 bits per heavy atom. The monoisotopic (exact) mass is 325 g/mol. The highest BCUT2D eigenvalue weighted by molar-refractivity contribution is 7.92. The van der Waals surface area contributed by atoms with E-state index in [1.54, 1.807) is 17.0 Å². The fourth-order valence-electron chi connectivity index (χ4n) is 2.39. The van der Waals surface area contributed by atoms with Gasteiger partial charge in [-0.15, -0.1) is 0 Å². The Balaban J connectivity index is 2.14. The van der Waals surface area contributed by atoms with Crippen molar-refractivity contribution in [3.05, 3.63) is 29.8 Å². The summed E-state index contributed by atoms with van der Waals surface area (Å²) in [7, 11) is -1.49. The Hall–Kier alpha value is -1.60. The number of hydrogen-bond donors (Lipinski definition) is 0. The van der Waals surface area contributed by atoms with E-state index in [4.69, 9.17) is 0 Å². The molecule has 0 atom stereocenters. The lowest BCUT2D eigenvalue weighted by molar-refractivity contribution is -0.131. The first kappa shape index (κ1) is 16.8. The molecule has 0 aromatic heterocycles. The first-order chi connectivity index (χ1) is 10.3. The minimum Gasteiger partial charge on any atom is -0.339 e. The van der Waals surface area contributed by atoms with Crippen molar-refractivity contribution in [2.24, 2.45) is 0 Å². The summed E-state index contributed by atoms with van der Waals surface area (Å²) in [5, 5.41) is 0. The summed E-state index contributed by atoms with van der Waals surface area (Å²) in [4.78, 5) is 16.3. The Kier molecular flexibility index (Phi) is 5.08. The van der Waals surface area contributed by atoms with Gasteiger partial charge in [0.05, 0.1) is 11.9 Å². The number of carbonyl (C=O) groups is 1. The van der Waals surface area contributed by atoms with E-state index in [9.17, 15) is 13.2 Å². The smallest absolute Gasteiger partial charge is 0.243 e. The quantitative estimate of drug-likeness (QED) is 0.810. The SMILES string of the molecule is Cc1ccc(N(CC(=O)N2CCN(C)CC2)S(C)(=O)=O)cc1. The van der Waals surface area contributed by atoms with Gasteiger partial charge in [-0.05, 0) is 26.1 Å². The zero-order valence-corrected chi connectivity index (χ0v) is 14.1. The molecule has 1 aliphatic heterocycles. The van der Waals surface area contributed by atoms with E-state index in [1.165, 1.54) is 4.31 Å². The average molecular weight is 325 g/mol. The zero-order valence-electron chi connectivity index (χ0n) is 13.3. The lowest BCUT2D eigenvalue weighted by Crippen LogP contribution is -2.50. The minimum absolute atomic E-state index is 0.147. The van der Waals surface area contributed by atoms with Gasteiger partial charge in [-0.3, -0.25) is 9.10 Å². The van der Waals surface area contributed by atoms with Crippen LogP contribution in [-0.4, -0.2) is 70.2 Å². The van der Waals surface area contributed by atoms with Crippen LogP contribution in [0.1, 0.15) is 5.56 Å². The van der Waals surface area contributed by atoms with E-state index < -0.39 is 10.0 Å². The Morgan fingerprint density at radius 3 is 2.18 bits per heavy atom. The summed E-state index contributed by atoms with van der Waals surface area (Å²) in [5.41, 5.74) is 1.57. The number of anilines is 1. The van der Waals surface area contributed by atoms with Crippen LogP contribution in [0.4, 0.5) is 5.69 Å². The van der Waals surface area contributed by atoms with Crippen molar-refractivity contribution < 1.29 is 13.2 Å². The zero-order chi connectivity index (χ0) is 16.3. The summed E-state index contributed by atoms with van der Waals surface area (Å²) in [6, 6.07) is 7.14. The van der Waals surface area contributed by atoms with Gasteiger partial charge in [0.25, 0.3) is 0 Å². The van der Waals surface area contributed by atoms with Crippen LogP contribution in [0.3, 0.4) is 0 Å². The third-order valence-corrected chi connectivity index (χ3v) is 5.00. The molecule has 0 bridgehead atoms. The number of nitrogens with zero attached hydrogens (tertiary/aromatic N) is 3. The highest BCUT2D eigenvalue weighted by Crippen LogP contribution is 2.18. The van der Waals surface area contributed by atoms with Crippen molar-refractivity contribution in [3.8, 4) is 0 Å². The van der Waals surface area contributed by atoms with Crippen LogP contribution in [0.2, 0.25) is 0 Å². The number of likely N-dealkylation sites (N-methyl/N-ethyl adjacent to an activating group) is 1. The topological polar surface area (TPSA) is 60.9 Å². The fraction of sp³-hybridized carbons (Fsp3) is 0.533. The normalized spacial score (nSPS) is 16.6. The van der Waals surface area contributed by atoms with Crippen LogP contribution >= 0.6 is 0 Å². The molecule has 0 N–H and O–H groups in total.